The van der Waals surface area contributed by atoms with E-state index in [2.05, 4.69) is 15.5 Å². The van der Waals surface area contributed by atoms with Crippen molar-refractivity contribution in [3.05, 3.63) is 53.3 Å². The van der Waals surface area contributed by atoms with Gasteiger partial charge >= 0.3 is 0 Å². The van der Waals surface area contributed by atoms with Crippen LogP contribution in [0.25, 0.3) is 17.1 Å². The molecule has 0 aliphatic carbocycles. The summed E-state index contributed by atoms with van der Waals surface area (Å²) >= 11 is 5.78. The van der Waals surface area contributed by atoms with E-state index in [9.17, 15) is 4.39 Å². The van der Waals surface area contributed by atoms with Crippen molar-refractivity contribution in [2.24, 2.45) is 0 Å². The second-order valence-electron chi connectivity index (χ2n) is 4.11. The first-order chi connectivity index (χ1) is 9.66. The lowest BCUT2D eigenvalue weighted by atomic mass is 10.2. The van der Waals surface area contributed by atoms with Crippen molar-refractivity contribution in [2.45, 2.75) is 0 Å². The smallest absolute Gasteiger partial charge is 0.187 e. The lowest BCUT2D eigenvalue weighted by molar-refractivity contribution is 0.608. The molecule has 0 atom stereocenters. The van der Waals surface area contributed by atoms with E-state index in [1.165, 1.54) is 10.7 Å². The van der Waals surface area contributed by atoms with E-state index >= 15 is 0 Å². The zero-order valence-corrected chi connectivity index (χ0v) is 10.9. The number of nitrogens with two attached hydrogens (primary N) is 1. The fraction of sp³-hybridized carbons (Fsp3) is 0. The van der Waals surface area contributed by atoms with Crippen LogP contribution in [0.4, 0.5) is 10.1 Å². The highest BCUT2D eigenvalue weighted by Crippen LogP contribution is 2.25. The van der Waals surface area contributed by atoms with E-state index in [1.54, 1.807) is 36.4 Å². The van der Waals surface area contributed by atoms with Gasteiger partial charge in [0, 0.05) is 11.3 Å². The molecule has 0 aliphatic rings. The number of hydrogen-bond acceptors (Lipinski definition) is 4. The van der Waals surface area contributed by atoms with Gasteiger partial charge in [0.2, 0.25) is 0 Å². The standard InChI is InChI=1S/C13H9ClFN5/c14-10-5-2-6-11(12(10)15)20-13(17-18-19-20)8-3-1-4-9(16)7-8/h1-7H,16H2. The third-order valence-corrected chi connectivity index (χ3v) is 3.07. The number of benzene rings is 2. The van der Waals surface area contributed by atoms with Gasteiger partial charge in [0.25, 0.3) is 0 Å². The topological polar surface area (TPSA) is 69.6 Å². The molecule has 0 radical (unpaired) electrons. The maximum atomic E-state index is 14.1. The molecule has 3 aromatic rings. The number of aromatic nitrogens is 4. The molecular weight excluding hydrogens is 281 g/mol. The Kier molecular flexibility index (Phi) is 3.08. The Morgan fingerprint density at radius 2 is 1.95 bits per heavy atom. The molecule has 0 unspecified atom stereocenters. The average molecular weight is 290 g/mol. The largest absolute Gasteiger partial charge is 0.399 e. The van der Waals surface area contributed by atoms with Crippen LogP contribution in [0.1, 0.15) is 0 Å². The highest BCUT2D eigenvalue weighted by atomic mass is 35.5. The van der Waals surface area contributed by atoms with E-state index in [0.29, 0.717) is 17.1 Å². The van der Waals surface area contributed by atoms with Crippen LogP contribution in [0, 0.1) is 5.82 Å². The Balaban J connectivity index is 2.18. The van der Waals surface area contributed by atoms with Crippen molar-refractivity contribution in [3.63, 3.8) is 0 Å². The Labute approximate surface area is 118 Å². The molecule has 100 valence electrons. The number of tetrazole rings is 1. The summed E-state index contributed by atoms with van der Waals surface area (Å²) in [5.74, 6) is -0.190. The Morgan fingerprint density at radius 1 is 1.15 bits per heavy atom. The SMILES string of the molecule is Nc1cccc(-c2nnnn2-c2cccc(Cl)c2F)c1. The Morgan fingerprint density at radius 3 is 2.75 bits per heavy atom. The van der Waals surface area contributed by atoms with Crippen LogP contribution in [-0.2, 0) is 0 Å². The second-order valence-corrected chi connectivity index (χ2v) is 4.52. The van der Waals surface area contributed by atoms with E-state index in [-0.39, 0.29) is 10.7 Å². The van der Waals surface area contributed by atoms with Crippen molar-refractivity contribution in [3.8, 4) is 17.1 Å². The first kappa shape index (κ1) is 12.6. The molecule has 0 bridgehead atoms. The van der Waals surface area contributed by atoms with Crippen LogP contribution in [0.15, 0.2) is 42.5 Å². The summed E-state index contributed by atoms with van der Waals surface area (Å²) < 4.78 is 15.4. The minimum absolute atomic E-state index is 0.0107. The molecule has 1 heterocycles. The first-order valence-corrected chi connectivity index (χ1v) is 6.13. The van der Waals surface area contributed by atoms with Crippen LogP contribution < -0.4 is 5.73 Å². The first-order valence-electron chi connectivity index (χ1n) is 5.75. The molecule has 7 heteroatoms. The van der Waals surface area contributed by atoms with Crippen LogP contribution in [0.3, 0.4) is 0 Å². The molecule has 2 N–H and O–H groups in total. The van der Waals surface area contributed by atoms with Gasteiger partial charge in [-0.3, -0.25) is 0 Å². The minimum Gasteiger partial charge on any atom is -0.399 e. The van der Waals surface area contributed by atoms with Crippen molar-refractivity contribution in [1.29, 1.82) is 0 Å². The minimum atomic E-state index is -0.577. The average Bonchev–Trinajstić information content (AvgIpc) is 2.91. The summed E-state index contributed by atoms with van der Waals surface area (Å²) in [6.45, 7) is 0. The molecule has 0 fully saturated rings. The number of halogens is 2. The highest BCUT2D eigenvalue weighted by molar-refractivity contribution is 6.30. The van der Waals surface area contributed by atoms with Gasteiger partial charge in [0.05, 0.1) is 5.02 Å². The van der Waals surface area contributed by atoms with Gasteiger partial charge in [-0.05, 0) is 34.7 Å². The van der Waals surface area contributed by atoms with Gasteiger partial charge < -0.3 is 5.73 Å². The lowest BCUT2D eigenvalue weighted by Crippen LogP contribution is -2.03. The number of nitrogen functional groups attached to an aromatic ring is 1. The maximum Gasteiger partial charge on any atom is 0.187 e. The van der Waals surface area contributed by atoms with E-state index in [0.717, 1.165) is 0 Å². The van der Waals surface area contributed by atoms with E-state index in [4.69, 9.17) is 17.3 Å². The maximum absolute atomic E-state index is 14.1. The summed E-state index contributed by atoms with van der Waals surface area (Å²) in [6, 6.07) is 11.7. The van der Waals surface area contributed by atoms with Crippen LogP contribution in [-0.4, -0.2) is 20.2 Å². The predicted octanol–water partition coefficient (Wildman–Crippen LogP) is 2.70. The van der Waals surface area contributed by atoms with Crippen molar-refractivity contribution in [2.75, 3.05) is 5.73 Å². The second kappa shape index (κ2) is 4.90. The van der Waals surface area contributed by atoms with Gasteiger partial charge in [0.1, 0.15) is 5.69 Å². The molecule has 0 saturated heterocycles. The van der Waals surface area contributed by atoms with Crippen molar-refractivity contribution in [1.82, 2.24) is 20.2 Å². The fourth-order valence-corrected chi connectivity index (χ4v) is 2.03. The summed E-state index contributed by atoms with van der Waals surface area (Å²) in [7, 11) is 0. The monoisotopic (exact) mass is 289 g/mol. The quantitative estimate of drug-likeness (QED) is 0.736. The van der Waals surface area contributed by atoms with Crippen LogP contribution in [0.2, 0.25) is 5.02 Å². The molecule has 3 rings (SSSR count). The molecule has 20 heavy (non-hydrogen) atoms. The summed E-state index contributed by atoms with van der Waals surface area (Å²) in [5.41, 5.74) is 7.18. The molecule has 0 amide bonds. The van der Waals surface area contributed by atoms with Gasteiger partial charge in [-0.15, -0.1) is 5.10 Å². The number of rotatable bonds is 2. The molecule has 0 aliphatic heterocycles. The Hall–Kier alpha value is -2.47. The van der Waals surface area contributed by atoms with Gasteiger partial charge in [0.15, 0.2) is 11.6 Å². The van der Waals surface area contributed by atoms with Gasteiger partial charge in [-0.2, -0.15) is 4.68 Å². The zero-order chi connectivity index (χ0) is 14.1. The van der Waals surface area contributed by atoms with Crippen LogP contribution in [0.5, 0.6) is 0 Å². The van der Waals surface area contributed by atoms with Crippen molar-refractivity contribution < 1.29 is 4.39 Å². The third kappa shape index (κ3) is 2.10. The lowest BCUT2D eigenvalue weighted by Gasteiger charge is -2.07. The summed E-state index contributed by atoms with van der Waals surface area (Å²) in [6.07, 6.45) is 0. The molecule has 0 spiro atoms. The zero-order valence-electron chi connectivity index (χ0n) is 10.2. The van der Waals surface area contributed by atoms with Crippen molar-refractivity contribution >= 4 is 17.3 Å². The molecule has 0 saturated carbocycles. The number of hydrogen-bond donors (Lipinski definition) is 1. The summed E-state index contributed by atoms with van der Waals surface area (Å²) in [5, 5.41) is 11.3. The van der Waals surface area contributed by atoms with E-state index < -0.39 is 5.82 Å². The molecule has 1 aromatic heterocycles. The number of nitrogens with zero attached hydrogens (tertiary/aromatic N) is 4. The van der Waals surface area contributed by atoms with Crippen LogP contribution >= 0.6 is 11.6 Å². The molecule has 5 nitrogen and oxygen atoms in total. The Bertz CT molecular complexity index is 771. The van der Waals surface area contributed by atoms with Gasteiger partial charge in [-0.25, -0.2) is 4.39 Å². The fourth-order valence-electron chi connectivity index (χ4n) is 1.86. The third-order valence-electron chi connectivity index (χ3n) is 2.77. The molecule has 2 aromatic carbocycles. The normalized spacial score (nSPS) is 10.7. The predicted molar refractivity (Wildman–Crippen MR) is 74.0 cm³/mol. The highest BCUT2D eigenvalue weighted by Gasteiger charge is 2.15. The molecular formula is C13H9ClFN5. The summed E-state index contributed by atoms with van der Waals surface area (Å²) in [4.78, 5) is 0. The van der Waals surface area contributed by atoms with Gasteiger partial charge in [-0.1, -0.05) is 29.8 Å². The van der Waals surface area contributed by atoms with E-state index in [1.807, 2.05) is 0 Å². The number of anilines is 1.